The number of hydrogen-bond donors (Lipinski definition) is 1. The van der Waals surface area contributed by atoms with Gasteiger partial charge in [-0.1, -0.05) is 19.0 Å². The Bertz CT molecular complexity index is 1240. The lowest BCUT2D eigenvalue weighted by Crippen LogP contribution is -2.27. The maximum Gasteiger partial charge on any atom is 0.259 e. The minimum Gasteiger partial charge on any atom is -0.343 e. The summed E-state index contributed by atoms with van der Waals surface area (Å²) in [5.41, 5.74) is 4.58. The predicted octanol–water partition coefficient (Wildman–Crippen LogP) is 5.23. The van der Waals surface area contributed by atoms with Crippen molar-refractivity contribution in [1.29, 1.82) is 0 Å². The van der Waals surface area contributed by atoms with Crippen molar-refractivity contribution in [2.45, 2.75) is 51.5 Å². The molecule has 1 aliphatic rings. The molecule has 1 aliphatic carbocycles. The Morgan fingerprint density at radius 2 is 1.97 bits per heavy atom. The zero-order valence-electron chi connectivity index (χ0n) is 17.6. The Morgan fingerprint density at radius 1 is 1.19 bits per heavy atom. The lowest BCUT2D eigenvalue weighted by Gasteiger charge is -2.13. The van der Waals surface area contributed by atoms with Crippen LogP contribution >= 0.6 is 11.3 Å². The van der Waals surface area contributed by atoms with Crippen LogP contribution in [-0.4, -0.2) is 26.0 Å². The van der Waals surface area contributed by atoms with Gasteiger partial charge in [0.25, 0.3) is 11.6 Å². The number of thiazole rings is 1. The molecule has 0 bridgehead atoms. The van der Waals surface area contributed by atoms with Crippen LogP contribution in [0.25, 0.3) is 22.4 Å². The summed E-state index contributed by atoms with van der Waals surface area (Å²) >= 11 is 1.53. The number of pyridine rings is 2. The number of nitrogens with zero attached hydrogens (tertiary/aromatic N) is 4. The molecule has 0 aliphatic heterocycles. The van der Waals surface area contributed by atoms with Gasteiger partial charge in [-0.2, -0.15) is 0 Å². The van der Waals surface area contributed by atoms with Gasteiger partial charge in [0.15, 0.2) is 0 Å². The third-order valence-electron chi connectivity index (χ3n) is 5.50. The number of carbonyl (C=O) groups is 1. The van der Waals surface area contributed by atoms with Crippen LogP contribution in [0.3, 0.4) is 0 Å². The zero-order chi connectivity index (χ0) is 21.5. The van der Waals surface area contributed by atoms with Crippen LogP contribution in [0.4, 0.5) is 0 Å². The van der Waals surface area contributed by atoms with Crippen LogP contribution < -0.4 is 5.32 Å². The largest absolute Gasteiger partial charge is 0.343 e. The zero-order valence-corrected chi connectivity index (χ0v) is 18.4. The Labute approximate surface area is 183 Å². The molecule has 5 rings (SSSR count). The standard InChI is InChI=1S/C23H23N5O2S/c1-12(2)20-19-16(10-17(14-4-5-14)26-22(19)30-28-20)21(29)25-13(3)23-27-18(11-31-23)15-6-8-24-9-7-15/h6-14H,4-5H2,1-3H3,(H,25,29). The van der Waals surface area contributed by atoms with Gasteiger partial charge < -0.3 is 9.84 Å². The number of nitrogens with one attached hydrogen (secondary N) is 1. The normalized spacial score (nSPS) is 14.8. The van der Waals surface area contributed by atoms with E-state index < -0.39 is 0 Å². The summed E-state index contributed by atoms with van der Waals surface area (Å²) < 4.78 is 5.51. The second kappa shape index (κ2) is 7.85. The molecule has 0 aromatic carbocycles. The average Bonchev–Trinajstić information content (AvgIpc) is 3.33. The van der Waals surface area contributed by atoms with Crippen molar-refractivity contribution in [3.8, 4) is 11.3 Å². The fourth-order valence-corrected chi connectivity index (χ4v) is 4.47. The summed E-state index contributed by atoms with van der Waals surface area (Å²) in [7, 11) is 0. The van der Waals surface area contributed by atoms with Gasteiger partial charge in [-0.05, 0) is 43.9 Å². The first-order valence-corrected chi connectivity index (χ1v) is 11.4. The molecule has 0 saturated heterocycles. The third-order valence-corrected chi connectivity index (χ3v) is 6.52. The number of fused-ring (bicyclic) bond motifs is 1. The molecule has 7 nitrogen and oxygen atoms in total. The van der Waals surface area contributed by atoms with Crippen molar-refractivity contribution >= 4 is 28.3 Å². The highest BCUT2D eigenvalue weighted by Crippen LogP contribution is 2.41. The van der Waals surface area contributed by atoms with Crippen LogP contribution in [0, 0.1) is 0 Å². The first-order valence-electron chi connectivity index (χ1n) is 10.5. The first-order chi connectivity index (χ1) is 15.0. The Morgan fingerprint density at radius 3 is 2.68 bits per heavy atom. The molecule has 8 heteroatoms. The van der Waals surface area contributed by atoms with E-state index in [4.69, 9.17) is 9.51 Å². The molecule has 0 spiro atoms. The fraction of sp³-hybridized carbons (Fsp3) is 0.348. The number of amides is 1. The molecule has 1 atom stereocenters. The maximum absolute atomic E-state index is 13.3. The second-order valence-corrected chi connectivity index (χ2v) is 9.16. The second-order valence-electron chi connectivity index (χ2n) is 8.27. The van der Waals surface area contributed by atoms with Gasteiger partial charge in [0, 0.05) is 34.9 Å². The molecule has 4 aromatic rings. The van der Waals surface area contributed by atoms with Crippen LogP contribution in [0.1, 0.15) is 78.2 Å². The molecule has 1 saturated carbocycles. The number of hydrogen-bond acceptors (Lipinski definition) is 7. The number of carbonyl (C=O) groups excluding carboxylic acids is 1. The van der Waals surface area contributed by atoms with Crippen molar-refractivity contribution in [3.05, 3.63) is 57.9 Å². The third kappa shape index (κ3) is 3.83. The van der Waals surface area contributed by atoms with Crippen LogP contribution in [0.2, 0.25) is 0 Å². The summed E-state index contributed by atoms with van der Waals surface area (Å²) in [4.78, 5) is 26.7. The van der Waals surface area contributed by atoms with Gasteiger partial charge in [-0.25, -0.2) is 9.97 Å². The van der Waals surface area contributed by atoms with Crippen LogP contribution in [0.15, 0.2) is 40.5 Å². The van der Waals surface area contributed by atoms with Gasteiger partial charge in [0.1, 0.15) is 5.01 Å². The van der Waals surface area contributed by atoms with Crippen molar-refractivity contribution in [1.82, 2.24) is 25.4 Å². The summed E-state index contributed by atoms with van der Waals surface area (Å²) in [6.45, 7) is 6.02. The lowest BCUT2D eigenvalue weighted by atomic mass is 10.0. The topological polar surface area (TPSA) is 93.8 Å². The van der Waals surface area contributed by atoms with Crippen molar-refractivity contribution in [2.75, 3.05) is 0 Å². The van der Waals surface area contributed by atoms with E-state index in [9.17, 15) is 4.79 Å². The molecule has 0 radical (unpaired) electrons. The summed E-state index contributed by atoms with van der Waals surface area (Å²) in [5.74, 6) is 0.371. The highest BCUT2D eigenvalue weighted by molar-refractivity contribution is 7.10. The Kier molecular flexibility index (Phi) is 5.02. The van der Waals surface area contributed by atoms with E-state index in [1.807, 2.05) is 44.4 Å². The van der Waals surface area contributed by atoms with Crippen LogP contribution in [0.5, 0.6) is 0 Å². The summed E-state index contributed by atoms with van der Waals surface area (Å²) in [6.07, 6.45) is 5.68. The molecule has 31 heavy (non-hydrogen) atoms. The van der Waals surface area contributed by atoms with Gasteiger partial charge in [0.2, 0.25) is 0 Å². The molecule has 1 amide bonds. The van der Waals surface area contributed by atoms with E-state index in [0.717, 1.165) is 40.5 Å². The summed E-state index contributed by atoms with van der Waals surface area (Å²) in [6, 6.07) is 5.53. The molecule has 158 valence electrons. The first kappa shape index (κ1) is 19.8. The lowest BCUT2D eigenvalue weighted by molar-refractivity contribution is 0.0941. The Hall–Kier alpha value is -3.13. The van der Waals surface area contributed by atoms with Crippen molar-refractivity contribution in [3.63, 3.8) is 0 Å². The highest BCUT2D eigenvalue weighted by Gasteiger charge is 2.30. The van der Waals surface area contributed by atoms with Gasteiger partial charge in [0.05, 0.1) is 28.4 Å². The highest BCUT2D eigenvalue weighted by atomic mass is 32.1. The van der Waals surface area contributed by atoms with Gasteiger partial charge >= 0.3 is 0 Å². The van der Waals surface area contributed by atoms with E-state index in [0.29, 0.717) is 22.6 Å². The predicted molar refractivity (Wildman–Crippen MR) is 119 cm³/mol. The van der Waals surface area contributed by atoms with E-state index in [1.165, 1.54) is 11.3 Å². The molecule has 4 aromatic heterocycles. The van der Waals surface area contributed by atoms with Crippen LogP contribution in [-0.2, 0) is 0 Å². The van der Waals surface area contributed by atoms with Crippen molar-refractivity contribution in [2.24, 2.45) is 0 Å². The fourth-order valence-electron chi connectivity index (χ4n) is 3.63. The van der Waals surface area contributed by atoms with Crippen molar-refractivity contribution < 1.29 is 9.32 Å². The molecular weight excluding hydrogens is 410 g/mol. The number of rotatable bonds is 6. The molecular formula is C23H23N5O2S. The molecule has 1 fully saturated rings. The smallest absolute Gasteiger partial charge is 0.259 e. The minimum atomic E-state index is -0.233. The van der Waals surface area contributed by atoms with E-state index in [1.54, 1.807) is 12.4 Å². The van der Waals surface area contributed by atoms with E-state index >= 15 is 0 Å². The van der Waals surface area contributed by atoms with Gasteiger partial charge in [-0.15, -0.1) is 11.3 Å². The molecule has 1 N–H and O–H groups in total. The van der Waals surface area contributed by atoms with E-state index in [2.05, 4.69) is 20.4 Å². The average molecular weight is 434 g/mol. The minimum absolute atomic E-state index is 0.126. The monoisotopic (exact) mass is 433 g/mol. The van der Waals surface area contributed by atoms with Gasteiger partial charge in [-0.3, -0.25) is 9.78 Å². The SMILES string of the molecule is CC(C)c1noc2nc(C3CC3)cc(C(=O)NC(C)c3nc(-c4ccncc4)cs3)c12. The Balaban J connectivity index is 1.45. The molecule has 1 unspecified atom stereocenters. The maximum atomic E-state index is 13.3. The van der Waals surface area contributed by atoms with E-state index in [-0.39, 0.29) is 17.9 Å². The number of aromatic nitrogens is 4. The quantitative estimate of drug-likeness (QED) is 0.447. The summed E-state index contributed by atoms with van der Waals surface area (Å²) in [5, 5.41) is 10.9. The molecule has 4 heterocycles.